The van der Waals surface area contributed by atoms with Crippen molar-refractivity contribution < 1.29 is 66.5 Å². The number of aromatic nitrogens is 3. The van der Waals surface area contributed by atoms with Crippen LogP contribution in [0, 0.1) is 25.2 Å². The number of fused-ring (bicyclic) bond motifs is 6. The Labute approximate surface area is 451 Å². The SMILES string of the molecule is [CH]CCOc1cc(N=Nc2cc(OCCCS(=O)(=O)O)c(N=Nc3c(C)c(C#N)c4nc5ccccc5n4c3O)cc2Cl)c(SCCCS(=O)(=O)O)cc1N=Nc1nc2c(S(=O)(=O)O)cc3ccc(S(=O)(=O)O)cc3c2s1. The molecule has 0 aliphatic rings. The van der Waals surface area contributed by atoms with Crippen LogP contribution in [0.5, 0.6) is 17.4 Å². The Hall–Kier alpha value is -6.83. The molecule has 8 rings (SSSR count). The zero-order valence-corrected chi connectivity index (χ0v) is 44.9. The number of thiazole rings is 1. The van der Waals surface area contributed by atoms with Gasteiger partial charge in [-0.1, -0.05) is 41.1 Å². The van der Waals surface area contributed by atoms with Gasteiger partial charge in [0.25, 0.3) is 40.5 Å². The van der Waals surface area contributed by atoms with Crippen molar-refractivity contribution in [3.05, 3.63) is 95.9 Å². The second-order valence-corrected chi connectivity index (χ2v) is 24.7. The van der Waals surface area contributed by atoms with Gasteiger partial charge in [0.2, 0.25) is 11.0 Å². The lowest BCUT2D eigenvalue weighted by Crippen LogP contribution is -2.08. The lowest BCUT2D eigenvalue weighted by atomic mass is 10.1. The molecule has 0 amide bonds. The number of imidazole rings is 1. The number of ether oxygens (including phenoxy) is 2. The monoisotopic (exact) mass is 1180 g/mol. The molecule has 8 aromatic rings. The van der Waals surface area contributed by atoms with Crippen molar-refractivity contribution in [2.75, 3.05) is 30.5 Å². The van der Waals surface area contributed by atoms with E-state index in [0.717, 1.165) is 41.3 Å². The Morgan fingerprint density at radius 3 is 2.10 bits per heavy atom. The third-order valence-corrected chi connectivity index (χ3v) is 16.6. The highest BCUT2D eigenvalue weighted by molar-refractivity contribution is 7.99. The molecule has 0 fully saturated rings. The van der Waals surface area contributed by atoms with Crippen LogP contribution in [0.15, 0.2) is 118 Å². The minimum atomic E-state index is -4.91. The summed E-state index contributed by atoms with van der Waals surface area (Å²) in [5, 5.41) is 47.5. The molecule has 0 atom stereocenters. The Kier molecular flexibility index (Phi) is 16.6. The van der Waals surface area contributed by atoms with E-state index in [4.69, 9.17) is 28.0 Å². The van der Waals surface area contributed by atoms with Gasteiger partial charge in [0, 0.05) is 28.0 Å². The fourth-order valence-electron chi connectivity index (χ4n) is 7.40. The van der Waals surface area contributed by atoms with E-state index in [-0.39, 0.29) is 131 Å². The highest BCUT2D eigenvalue weighted by Gasteiger charge is 2.24. The molecule has 0 saturated carbocycles. The lowest BCUT2D eigenvalue weighted by Gasteiger charge is -2.12. The Morgan fingerprint density at radius 1 is 0.766 bits per heavy atom. The van der Waals surface area contributed by atoms with Crippen LogP contribution in [0.2, 0.25) is 5.02 Å². The summed E-state index contributed by atoms with van der Waals surface area (Å²) in [4.78, 5) is 7.91. The summed E-state index contributed by atoms with van der Waals surface area (Å²) in [6.07, 6.45) is -0.217. The summed E-state index contributed by atoms with van der Waals surface area (Å²) >= 11 is 8.59. The summed E-state index contributed by atoms with van der Waals surface area (Å²) < 4.78 is 147. The van der Waals surface area contributed by atoms with Crippen molar-refractivity contribution in [3.63, 3.8) is 0 Å². The van der Waals surface area contributed by atoms with Crippen molar-refractivity contribution in [3.8, 4) is 23.4 Å². The van der Waals surface area contributed by atoms with Crippen molar-refractivity contribution in [1.29, 1.82) is 5.26 Å². The van der Waals surface area contributed by atoms with E-state index in [1.165, 1.54) is 34.7 Å². The van der Waals surface area contributed by atoms with Crippen LogP contribution in [0.4, 0.5) is 33.6 Å². The molecule has 2 radical (unpaired) electrons. The first-order valence-corrected chi connectivity index (χ1v) is 30.2. The second-order valence-electron chi connectivity index (χ2n) is 16.2. The summed E-state index contributed by atoms with van der Waals surface area (Å²) in [6, 6.07) is 18.8. The van der Waals surface area contributed by atoms with Gasteiger partial charge in [-0.2, -0.15) is 38.9 Å². The molecule has 0 aliphatic heterocycles. The molecule has 32 heteroatoms. The molecular formula is C45H37ClN10O15S6. The van der Waals surface area contributed by atoms with Crippen LogP contribution in [-0.4, -0.2) is 102 Å². The topological polar surface area (TPSA) is 384 Å². The van der Waals surface area contributed by atoms with E-state index in [1.54, 1.807) is 31.2 Å². The summed E-state index contributed by atoms with van der Waals surface area (Å²) in [5.74, 6) is -1.65. The Bertz CT molecular complexity index is 4300. The van der Waals surface area contributed by atoms with Crippen LogP contribution in [0.25, 0.3) is 37.7 Å². The maximum atomic E-state index is 12.5. The Morgan fingerprint density at radius 2 is 1.42 bits per heavy atom. The number of benzene rings is 5. The quantitative estimate of drug-likeness (QED) is 0.0193. The third-order valence-electron chi connectivity index (χ3n) is 10.9. The van der Waals surface area contributed by atoms with Crippen LogP contribution >= 0.6 is 34.7 Å². The van der Waals surface area contributed by atoms with Crippen LogP contribution in [-0.2, 0) is 40.5 Å². The highest BCUT2D eigenvalue weighted by atomic mass is 35.5. The zero-order chi connectivity index (χ0) is 55.6. The molecule has 400 valence electrons. The molecule has 3 heterocycles. The second kappa shape index (κ2) is 22.6. The highest BCUT2D eigenvalue weighted by Crippen LogP contribution is 2.46. The molecule has 0 bridgehead atoms. The molecule has 0 spiro atoms. The predicted octanol–water partition coefficient (Wildman–Crippen LogP) is 11.0. The molecule has 0 saturated heterocycles. The van der Waals surface area contributed by atoms with Crippen LogP contribution in [0.1, 0.15) is 30.4 Å². The number of nitrogens with zero attached hydrogens (tertiary/aromatic N) is 10. The van der Waals surface area contributed by atoms with Crippen LogP contribution < -0.4 is 9.47 Å². The maximum absolute atomic E-state index is 12.5. The number of para-hydroxylation sites is 2. The van der Waals surface area contributed by atoms with E-state index in [0.29, 0.717) is 11.0 Å². The van der Waals surface area contributed by atoms with Gasteiger partial charge in [-0.25, -0.2) is 9.97 Å². The predicted molar refractivity (Wildman–Crippen MR) is 284 cm³/mol. The number of azo groups is 3. The van der Waals surface area contributed by atoms with E-state index in [2.05, 4.69) is 46.7 Å². The van der Waals surface area contributed by atoms with Gasteiger partial charge in [-0.3, -0.25) is 22.6 Å². The number of aromatic hydroxyl groups is 1. The zero-order valence-electron chi connectivity index (χ0n) is 39.3. The molecule has 0 aliphatic carbocycles. The smallest absolute Gasteiger partial charge is 0.296 e. The van der Waals surface area contributed by atoms with Gasteiger partial charge in [0.1, 0.15) is 56.3 Å². The third kappa shape index (κ3) is 13.1. The maximum Gasteiger partial charge on any atom is 0.296 e. The van der Waals surface area contributed by atoms with E-state index >= 15 is 0 Å². The minimum Gasteiger partial charge on any atom is -0.493 e. The number of pyridine rings is 1. The van der Waals surface area contributed by atoms with Crippen molar-refractivity contribution in [2.24, 2.45) is 30.7 Å². The standard InChI is InChI=1S/C45H37ClN10O15S6/c1-3-12-70-37-21-34(38(72-14-7-16-75(61,62)63)22-33(37)52-55-45-49-41-39(77(67,68)69)17-25-10-11-26(76(64,65)66)18-27(25)42(41)73-45)53-50-31-20-36(71-13-6-15-74(58,59)60)32(19-29(31)46)51-54-40-24(2)28(23-47)43-48-30-8-4-5-9-35(30)56(43)44(40)57/h1,4-5,8-11,17-22,57H,3,6-7,12-16H2,2H3,(H,58,59,60)(H,61,62,63)(H,64,65,66)(H,67,68,69). The van der Waals surface area contributed by atoms with Gasteiger partial charge < -0.3 is 14.6 Å². The molecule has 0 unspecified atom stereocenters. The average molecular weight is 1190 g/mol. The normalized spacial score (nSPS) is 12.9. The van der Waals surface area contributed by atoms with E-state index in [1.807, 2.05) is 0 Å². The van der Waals surface area contributed by atoms with Crippen LogP contribution in [0.3, 0.4) is 0 Å². The van der Waals surface area contributed by atoms with Crippen molar-refractivity contribution >= 4 is 146 Å². The van der Waals surface area contributed by atoms with Gasteiger partial charge in [0.05, 0.1) is 50.4 Å². The van der Waals surface area contributed by atoms with E-state index < -0.39 is 67.6 Å². The molecule has 3 aromatic heterocycles. The van der Waals surface area contributed by atoms with Crippen molar-refractivity contribution in [1.82, 2.24) is 14.4 Å². The number of hydrogen-bond acceptors (Lipinski definition) is 22. The van der Waals surface area contributed by atoms with Gasteiger partial charge in [0.15, 0.2) is 11.3 Å². The minimum absolute atomic E-state index is 0.000627. The number of hydrogen-bond donors (Lipinski definition) is 5. The number of rotatable bonds is 21. The molecule has 25 nitrogen and oxygen atoms in total. The van der Waals surface area contributed by atoms with Crippen molar-refractivity contribution in [2.45, 2.75) is 40.9 Å². The lowest BCUT2D eigenvalue weighted by molar-refractivity contribution is 0.317. The molecule has 77 heavy (non-hydrogen) atoms. The summed E-state index contributed by atoms with van der Waals surface area (Å²) in [7, 11) is -18.3. The molecule has 5 aromatic carbocycles. The first-order valence-electron chi connectivity index (χ1n) is 21.9. The summed E-state index contributed by atoms with van der Waals surface area (Å²) in [5.41, 5.74) is 1.05. The fraction of sp³-hybridized carbons (Fsp3) is 0.200. The largest absolute Gasteiger partial charge is 0.493 e. The average Bonchev–Trinajstić information content (AvgIpc) is 3.97. The van der Waals surface area contributed by atoms with Gasteiger partial charge >= 0.3 is 0 Å². The van der Waals surface area contributed by atoms with E-state index in [9.17, 15) is 62.3 Å². The number of nitriles is 1. The summed E-state index contributed by atoms with van der Waals surface area (Å²) in [6.45, 7) is 6.95. The first kappa shape index (κ1) is 56.4. The number of halogens is 1. The van der Waals surface area contributed by atoms with Gasteiger partial charge in [-0.15, -0.1) is 42.4 Å². The molecule has 5 N–H and O–H groups in total. The fourth-order valence-corrected chi connectivity index (χ4v) is 11.9. The number of thioether (sulfide) groups is 1. The molecular weight excluding hydrogens is 1150 g/mol. The van der Waals surface area contributed by atoms with Gasteiger partial charge in [-0.05, 0) is 86.7 Å². The Balaban J connectivity index is 1.20. The first-order chi connectivity index (χ1) is 36.3.